The van der Waals surface area contributed by atoms with Crippen molar-refractivity contribution in [1.29, 1.82) is 5.26 Å². The fraction of sp³-hybridized carbons (Fsp3) is 0.382. The molecular weight excluding hydrogens is 655 g/mol. The number of ether oxygens (including phenoxy) is 2. The van der Waals surface area contributed by atoms with E-state index in [-0.39, 0.29) is 41.6 Å². The van der Waals surface area contributed by atoms with Crippen molar-refractivity contribution >= 4 is 40.9 Å². The minimum absolute atomic E-state index is 0.0712. The highest BCUT2D eigenvalue weighted by molar-refractivity contribution is 7.99. The second kappa shape index (κ2) is 16.2. The lowest BCUT2D eigenvalue weighted by Gasteiger charge is -2.33. The highest BCUT2D eigenvalue weighted by Gasteiger charge is 2.29. The molecule has 1 fully saturated rings. The zero-order valence-corrected chi connectivity index (χ0v) is 28.1. The molecule has 1 saturated heterocycles. The molecule has 2 amide bonds. The van der Waals surface area contributed by atoms with E-state index < -0.39 is 45.9 Å². The summed E-state index contributed by atoms with van der Waals surface area (Å²) >= 11 is 1.61. The number of carbonyl (C=O) groups is 3. The van der Waals surface area contributed by atoms with Crippen LogP contribution < -0.4 is 20.7 Å². The van der Waals surface area contributed by atoms with Crippen molar-refractivity contribution in [1.82, 2.24) is 10.3 Å². The highest BCUT2D eigenvalue weighted by atomic mass is 32.2. The van der Waals surface area contributed by atoms with Gasteiger partial charge in [-0.1, -0.05) is 12.1 Å². The van der Waals surface area contributed by atoms with Gasteiger partial charge in [-0.25, -0.2) is 9.37 Å². The third-order valence-electron chi connectivity index (χ3n) is 7.47. The van der Waals surface area contributed by atoms with Crippen LogP contribution in [-0.4, -0.2) is 57.7 Å². The number of nitrogens with two attached hydrogens (primary N) is 1. The van der Waals surface area contributed by atoms with Gasteiger partial charge in [0.15, 0.2) is 5.75 Å². The maximum atomic E-state index is 14.5. The van der Waals surface area contributed by atoms with E-state index in [0.717, 1.165) is 17.9 Å². The smallest absolute Gasteiger partial charge is 0.323 e. The number of para-hydroxylation sites is 1. The lowest BCUT2D eigenvalue weighted by molar-refractivity contribution is -0.386. The Morgan fingerprint density at radius 1 is 1.20 bits per heavy atom. The minimum Gasteiger partial charge on any atom is -0.482 e. The lowest BCUT2D eigenvalue weighted by atomic mass is 10.1. The number of hydrogen-bond donors (Lipinski definition) is 2. The first-order chi connectivity index (χ1) is 23.2. The van der Waals surface area contributed by atoms with Gasteiger partial charge in [-0.2, -0.15) is 5.26 Å². The van der Waals surface area contributed by atoms with E-state index in [0.29, 0.717) is 24.3 Å². The van der Waals surface area contributed by atoms with E-state index in [1.54, 1.807) is 56.9 Å². The number of nitriles is 1. The Kier molecular flexibility index (Phi) is 12.1. The molecule has 1 atom stereocenters. The molecule has 1 unspecified atom stereocenters. The van der Waals surface area contributed by atoms with Gasteiger partial charge in [0.05, 0.1) is 27.3 Å². The molecule has 15 heteroatoms. The van der Waals surface area contributed by atoms with Crippen LogP contribution in [0.4, 0.5) is 15.8 Å². The summed E-state index contributed by atoms with van der Waals surface area (Å²) in [5.74, 6) is -3.00. The van der Waals surface area contributed by atoms with Crippen molar-refractivity contribution in [2.24, 2.45) is 5.73 Å². The maximum absolute atomic E-state index is 14.5. The number of rotatable bonds is 13. The number of nitro benzene ring substituents is 1. The van der Waals surface area contributed by atoms with Gasteiger partial charge < -0.3 is 25.4 Å². The molecule has 0 spiro atoms. The van der Waals surface area contributed by atoms with Gasteiger partial charge in [0.2, 0.25) is 5.91 Å². The average molecular weight is 693 g/mol. The summed E-state index contributed by atoms with van der Waals surface area (Å²) < 4.78 is 25.4. The number of anilines is 1. The van der Waals surface area contributed by atoms with Crippen molar-refractivity contribution in [3.05, 3.63) is 87.3 Å². The van der Waals surface area contributed by atoms with E-state index in [1.165, 1.54) is 24.3 Å². The summed E-state index contributed by atoms with van der Waals surface area (Å²) in [4.78, 5) is 55.0. The molecule has 258 valence electrons. The normalized spacial score (nSPS) is 14.0. The fourth-order valence-corrected chi connectivity index (χ4v) is 6.18. The summed E-state index contributed by atoms with van der Waals surface area (Å²) in [6.07, 6.45) is 2.87. The van der Waals surface area contributed by atoms with Crippen molar-refractivity contribution in [3.63, 3.8) is 0 Å². The molecule has 2 aromatic carbocycles. The van der Waals surface area contributed by atoms with Crippen LogP contribution in [0.25, 0.3) is 0 Å². The molecule has 1 aliphatic heterocycles. The predicted octanol–water partition coefficient (Wildman–Crippen LogP) is 5.05. The molecule has 3 aromatic rings. The second-order valence-electron chi connectivity index (χ2n) is 12.3. The second-order valence-corrected chi connectivity index (χ2v) is 13.7. The van der Waals surface area contributed by atoms with E-state index in [2.05, 4.69) is 10.3 Å². The van der Waals surface area contributed by atoms with Gasteiger partial charge in [0, 0.05) is 36.5 Å². The molecule has 2 heterocycles. The van der Waals surface area contributed by atoms with Crippen molar-refractivity contribution in [3.8, 4) is 11.8 Å². The number of nitrogens with zero attached hydrogens (tertiary/aromatic N) is 4. The number of piperidine rings is 1. The average Bonchev–Trinajstić information content (AvgIpc) is 3.05. The zero-order valence-electron chi connectivity index (χ0n) is 27.3. The third-order valence-corrected chi connectivity index (χ3v) is 8.76. The van der Waals surface area contributed by atoms with Crippen LogP contribution in [0.5, 0.6) is 5.75 Å². The summed E-state index contributed by atoms with van der Waals surface area (Å²) in [7, 11) is 0. The van der Waals surface area contributed by atoms with Gasteiger partial charge in [0.25, 0.3) is 5.91 Å². The van der Waals surface area contributed by atoms with E-state index >= 15 is 0 Å². The number of esters is 1. The first-order valence-corrected chi connectivity index (χ1v) is 16.4. The molecule has 49 heavy (non-hydrogen) atoms. The number of hydrogen-bond acceptors (Lipinski definition) is 11. The van der Waals surface area contributed by atoms with Gasteiger partial charge in [-0.3, -0.25) is 24.5 Å². The molecule has 1 aromatic heterocycles. The quantitative estimate of drug-likeness (QED) is 0.139. The minimum atomic E-state index is -1.27. The molecule has 0 saturated carbocycles. The topological polar surface area (TPSA) is 191 Å². The Morgan fingerprint density at radius 3 is 2.53 bits per heavy atom. The molecule has 1 aliphatic rings. The largest absolute Gasteiger partial charge is 0.482 e. The fourth-order valence-electron chi connectivity index (χ4n) is 5.13. The molecular formula is C34H37FN6O7S. The number of benzene rings is 2. The number of primary amides is 1. The molecule has 4 rings (SSSR count). The number of pyridine rings is 1. The molecule has 3 N–H and O–H groups in total. The summed E-state index contributed by atoms with van der Waals surface area (Å²) in [5.41, 5.74) is 5.15. The number of carbonyl (C=O) groups excluding carboxylic acids is 3. The Hall–Kier alpha value is -5.23. The lowest BCUT2D eigenvalue weighted by Crippen LogP contribution is -2.45. The molecule has 0 aliphatic carbocycles. The van der Waals surface area contributed by atoms with Crippen LogP contribution in [0.3, 0.4) is 0 Å². The number of aromatic nitrogens is 1. The Balaban J connectivity index is 1.33. The summed E-state index contributed by atoms with van der Waals surface area (Å²) in [5, 5.41) is 24.5. The van der Waals surface area contributed by atoms with Crippen molar-refractivity contribution in [2.75, 3.05) is 18.0 Å². The summed E-state index contributed by atoms with van der Waals surface area (Å²) in [6, 6.07) is 12.8. The van der Waals surface area contributed by atoms with Crippen LogP contribution in [0, 0.1) is 27.3 Å². The van der Waals surface area contributed by atoms with E-state index in [9.17, 15) is 28.9 Å². The van der Waals surface area contributed by atoms with Crippen LogP contribution in [0.1, 0.15) is 67.9 Å². The van der Waals surface area contributed by atoms with Crippen LogP contribution >= 0.6 is 11.8 Å². The van der Waals surface area contributed by atoms with Gasteiger partial charge in [-0.05, 0) is 76.4 Å². The Labute approximate surface area is 287 Å². The van der Waals surface area contributed by atoms with E-state index in [4.69, 9.17) is 20.5 Å². The molecule has 0 bridgehead atoms. The maximum Gasteiger partial charge on any atom is 0.323 e. The predicted molar refractivity (Wildman–Crippen MR) is 179 cm³/mol. The highest BCUT2D eigenvalue weighted by Crippen LogP contribution is 2.34. The van der Waals surface area contributed by atoms with E-state index in [1.807, 2.05) is 17.0 Å². The van der Waals surface area contributed by atoms with Gasteiger partial charge in [0.1, 0.15) is 29.6 Å². The Bertz CT molecular complexity index is 1730. The third kappa shape index (κ3) is 10.4. The Morgan fingerprint density at radius 2 is 1.94 bits per heavy atom. The SMILES string of the molecule is CC(C)(C)OC(=O)CCC(NC(=O)c1cccc(OCc2ccc(SC3CCN(c4ccc(C#N)cc4F)CC3)nc2)c1[N+](=O)[O-])C(N)=O. The molecule has 0 radical (unpaired) electrons. The monoisotopic (exact) mass is 692 g/mol. The standard InChI is InChI=1S/C34H37FN6O7S/c1-34(2,3)48-30(42)12-9-26(32(37)43)39-33(44)24-5-4-6-28(31(24)41(45)46)47-20-22-8-11-29(38-19-22)49-23-13-15-40(16-14-23)27-10-7-21(18-36)17-25(27)35/h4-8,10-11,17,19,23,26H,9,12-16,20H2,1-3H3,(H2,37,43)(H,39,44). The molecule has 13 nitrogen and oxygen atoms in total. The van der Waals surface area contributed by atoms with Crippen LogP contribution in [-0.2, 0) is 20.9 Å². The number of amides is 2. The van der Waals surface area contributed by atoms with Crippen LogP contribution in [0.2, 0.25) is 0 Å². The summed E-state index contributed by atoms with van der Waals surface area (Å²) in [6.45, 7) is 6.33. The first kappa shape index (κ1) is 36.6. The van der Waals surface area contributed by atoms with Crippen molar-refractivity contribution in [2.45, 2.75) is 75.0 Å². The van der Waals surface area contributed by atoms with Crippen LogP contribution in [0.15, 0.2) is 59.8 Å². The number of nitrogens with one attached hydrogen (secondary N) is 1. The first-order valence-electron chi connectivity index (χ1n) is 15.5. The van der Waals surface area contributed by atoms with Crippen molar-refractivity contribution < 1.29 is 33.2 Å². The van der Waals surface area contributed by atoms with Gasteiger partial charge in [-0.15, -0.1) is 11.8 Å². The number of halogens is 1. The number of nitro groups is 1. The zero-order chi connectivity index (χ0) is 35.7. The van der Waals surface area contributed by atoms with Gasteiger partial charge >= 0.3 is 11.7 Å². The number of thioether (sulfide) groups is 1.